The summed E-state index contributed by atoms with van der Waals surface area (Å²) in [6, 6.07) is 12.8. The second-order valence-corrected chi connectivity index (χ2v) is 6.36. The van der Waals surface area contributed by atoms with E-state index in [4.69, 9.17) is 21.1 Å². The molecule has 24 heavy (non-hydrogen) atoms. The number of halogens is 1. The van der Waals surface area contributed by atoms with Crippen molar-refractivity contribution in [3.63, 3.8) is 0 Å². The number of benzene rings is 2. The van der Waals surface area contributed by atoms with Crippen molar-refractivity contribution >= 4 is 28.9 Å². The highest BCUT2D eigenvalue weighted by molar-refractivity contribution is 7.13. The van der Waals surface area contributed by atoms with Gasteiger partial charge in [-0.3, -0.25) is 0 Å². The first-order chi connectivity index (χ1) is 11.6. The lowest BCUT2D eigenvalue weighted by molar-refractivity contribution is 0.0729. The van der Waals surface area contributed by atoms with Gasteiger partial charge in [0.2, 0.25) is 0 Å². The summed E-state index contributed by atoms with van der Waals surface area (Å²) in [5.41, 5.74) is 2.12. The Hall–Kier alpha value is -2.37. The van der Waals surface area contributed by atoms with Crippen LogP contribution in [-0.2, 0) is 0 Å². The number of thiazole rings is 1. The number of hydrogen-bond donors (Lipinski definition) is 0. The number of carbonyl (C=O) groups is 1. The highest BCUT2D eigenvalue weighted by Gasteiger charge is 2.16. The summed E-state index contributed by atoms with van der Waals surface area (Å²) in [6.07, 6.45) is 0. The van der Waals surface area contributed by atoms with Gasteiger partial charge in [0.15, 0.2) is 5.69 Å². The van der Waals surface area contributed by atoms with Gasteiger partial charge in [-0.15, -0.1) is 11.3 Å². The fourth-order valence-electron chi connectivity index (χ4n) is 2.07. The van der Waals surface area contributed by atoms with E-state index in [2.05, 4.69) is 4.98 Å². The standard InChI is InChI=1S/C18H14ClNO3S/c1-11-3-8-14(19)16(9-11)23-18(21)15-10-24-17(20-15)12-4-6-13(22-2)7-5-12/h3-10H,1-2H3. The summed E-state index contributed by atoms with van der Waals surface area (Å²) < 4.78 is 10.5. The van der Waals surface area contributed by atoms with Gasteiger partial charge >= 0.3 is 5.97 Å². The summed E-state index contributed by atoms with van der Waals surface area (Å²) in [6.45, 7) is 1.90. The number of aromatic nitrogens is 1. The zero-order chi connectivity index (χ0) is 17.1. The van der Waals surface area contributed by atoms with Gasteiger partial charge in [0.25, 0.3) is 0 Å². The molecule has 0 bridgehead atoms. The number of aryl methyl sites for hydroxylation is 1. The summed E-state index contributed by atoms with van der Waals surface area (Å²) >= 11 is 7.43. The SMILES string of the molecule is COc1ccc(-c2nc(C(=O)Oc3cc(C)ccc3Cl)cs2)cc1. The van der Waals surface area contributed by atoms with Crippen LogP contribution < -0.4 is 9.47 Å². The van der Waals surface area contributed by atoms with Crippen LogP contribution in [0.1, 0.15) is 16.1 Å². The quantitative estimate of drug-likeness (QED) is 0.486. The molecule has 0 N–H and O–H groups in total. The van der Waals surface area contributed by atoms with Crippen molar-refractivity contribution in [1.29, 1.82) is 0 Å². The predicted octanol–water partition coefficient (Wildman–Crippen LogP) is 5.00. The minimum atomic E-state index is -0.529. The molecule has 122 valence electrons. The molecule has 0 atom stereocenters. The molecule has 0 saturated heterocycles. The average molecular weight is 360 g/mol. The monoisotopic (exact) mass is 359 g/mol. The molecule has 4 nitrogen and oxygen atoms in total. The normalized spacial score (nSPS) is 10.5. The fourth-order valence-corrected chi connectivity index (χ4v) is 3.03. The molecule has 3 aromatic rings. The molecule has 2 aromatic carbocycles. The van der Waals surface area contributed by atoms with Crippen LogP contribution in [0, 0.1) is 6.92 Å². The second-order valence-electron chi connectivity index (χ2n) is 5.09. The first-order valence-corrected chi connectivity index (χ1v) is 8.41. The lowest BCUT2D eigenvalue weighted by Crippen LogP contribution is -2.09. The molecule has 0 amide bonds. The van der Waals surface area contributed by atoms with Gasteiger partial charge < -0.3 is 9.47 Å². The minimum absolute atomic E-state index is 0.253. The molecular formula is C18H14ClNO3S. The molecule has 0 radical (unpaired) electrons. The van der Waals surface area contributed by atoms with E-state index in [0.29, 0.717) is 10.8 Å². The van der Waals surface area contributed by atoms with Crippen molar-refractivity contribution in [2.24, 2.45) is 0 Å². The molecule has 0 spiro atoms. The number of rotatable bonds is 4. The number of hydrogen-bond acceptors (Lipinski definition) is 5. The van der Waals surface area contributed by atoms with Gasteiger partial charge in [-0.05, 0) is 48.9 Å². The summed E-state index contributed by atoms with van der Waals surface area (Å²) in [4.78, 5) is 16.6. The van der Waals surface area contributed by atoms with Gasteiger partial charge in [0, 0.05) is 10.9 Å². The molecule has 0 aliphatic heterocycles. The average Bonchev–Trinajstić information content (AvgIpc) is 3.08. The fraction of sp³-hybridized carbons (Fsp3) is 0.111. The van der Waals surface area contributed by atoms with Gasteiger partial charge in [0.1, 0.15) is 16.5 Å². The Labute approximate surface area is 148 Å². The number of ether oxygens (including phenoxy) is 2. The number of esters is 1. The number of carbonyl (C=O) groups excluding carboxylic acids is 1. The Morgan fingerprint density at radius 1 is 1.17 bits per heavy atom. The Morgan fingerprint density at radius 3 is 2.62 bits per heavy atom. The largest absolute Gasteiger partial charge is 0.497 e. The third kappa shape index (κ3) is 3.58. The third-order valence-electron chi connectivity index (χ3n) is 3.34. The zero-order valence-corrected chi connectivity index (χ0v) is 14.6. The first-order valence-electron chi connectivity index (χ1n) is 7.15. The summed E-state index contributed by atoms with van der Waals surface area (Å²) in [5, 5.41) is 2.80. The van der Waals surface area contributed by atoms with Gasteiger partial charge in [-0.25, -0.2) is 9.78 Å². The lowest BCUT2D eigenvalue weighted by Gasteiger charge is -2.05. The van der Waals surface area contributed by atoms with E-state index in [0.717, 1.165) is 21.9 Å². The van der Waals surface area contributed by atoms with Crippen LogP contribution in [0.5, 0.6) is 11.5 Å². The van der Waals surface area contributed by atoms with Gasteiger partial charge in [-0.2, -0.15) is 0 Å². The molecule has 0 aliphatic rings. The van der Waals surface area contributed by atoms with E-state index in [1.165, 1.54) is 11.3 Å². The van der Waals surface area contributed by atoms with Crippen LogP contribution in [-0.4, -0.2) is 18.1 Å². The molecule has 0 fully saturated rings. The van der Waals surface area contributed by atoms with E-state index < -0.39 is 5.97 Å². The minimum Gasteiger partial charge on any atom is -0.497 e. The molecule has 3 rings (SSSR count). The van der Waals surface area contributed by atoms with Crippen molar-refractivity contribution in [1.82, 2.24) is 4.98 Å². The Bertz CT molecular complexity index is 874. The molecule has 0 saturated carbocycles. The van der Waals surface area contributed by atoms with Gasteiger partial charge in [-0.1, -0.05) is 17.7 Å². The van der Waals surface area contributed by atoms with Crippen LogP contribution in [0.2, 0.25) is 5.02 Å². The van der Waals surface area contributed by atoms with Crippen molar-refractivity contribution in [3.05, 3.63) is 64.1 Å². The maximum Gasteiger partial charge on any atom is 0.363 e. The van der Waals surface area contributed by atoms with Crippen LogP contribution in [0.15, 0.2) is 47.8 Å². The van der Waals surface area contributed by atoms with Crippen LogP contribution in [0.25, 0.3) is 10.6 Å². The zero-order valence-electron chi connectivity index (χ0n) is 13.1. The molecule has 6 heteroatoms. The first kappa shape index (κ1) is 16.5. The Kier molecular flexibility index (Phi) is 4.83. The Morgan fingerprint density at radius 2 is 1.92 bits per heavy atom. The summed E-state index contributed by atoms with van der Waals surface area (Å²) in [7, 11) is 1.61. The molecule has 1 heterocycles. The van der Waals surface area contributed by atoms with Gasteiger partial charge in [0.05, 0.1) is 12.1 Å². The van der Waals surface area contributed by atoms with E-state index >= 15 is 0 Å². The highest BCUT2D eigenvalue weighted by atomic mass is 35.5. The molecule has 1 aromatic heterocycles. The highest BCUT2D eigenvalue weighted by Crippen LogP contribution is 2.28. The maximum absolute atomic E-state index is 12.3. The predicted molar refractivity (Wildman–Crippen MR) is 95.2 cm³/mol. The number of nitrogens with zero attached hydrogens (tertiary/aromatic N) is 1. The van der Waals surface area contributed by atoms with E-state index in [-0.39, 0.29) is 5.69 Å². The molecule has 0 unspecified atom stereocenters. The van der Waals surface area contributed by atoms with E-state index in [9.17, 15) is 4.79 Å². The van der Waals surface area contributed by atoms with Crippen molar-refractivity contribution in [2.45, 2.75) is 6.92 Å². The van der Waals surface area contributed by atoms with Crippen molar-refractivity contribution in [3.8, 4) is 22.1 Å². The van der Waals surface area contributed by atoms with E-state index in [1.54, 1.807) is 24.6 Å². The molecule has 0 aliphatic carbocycles. The Balaban J connectivity index is 1.79. The number of methoxy groups -OCH3 is 1. The van der Waals surface area contributed by atoms with Crippen LogP contribution in [0.3, 0.4) is 0 Å². The molecular weight excluding hydrogens is 346 g/mol. The van der Waals surface area contributed by atoms with Crippen molar-refractivity contribution < 1.29 is 14.3 Å². The van der Waals surface area contributed by atoms with Crippen molar-refractivity contribution in [2.75, 3.05) is 7.11 Å². The smallest absolute Gasteiger partial charge is 0.363 e. The lowest BCUT2D eigenvalue weighted by atomic mass is 10.2. The van der Waals surface area contributed by atoms with Crippen LogP contribution in [0.4, 0.5) is 0 Å². The van der Waals surface area contributed by atoms with E-state index in [1.807, 2.05) is 37.3 Å². The summed E-state index contributed by atoms with van der Waals surface area (Å²) in [5.74, 6) is 0.572. The van der Waals surface area contributed by atoms with Crippen LogP contribution >= 0.6 is 22.9 Å². The third-order valence-corrected chi connectivity index (χ3v) is 4.54. The maximum atomic E-state index is 12.3. The topological polar surface area (TPSA) is 48.4 Å². The second kappa shape index (κ2) is 7.03.